The van der Waals surface area contributed by atoms with Crippen LogP contribution in [-0.4, -0.2) is 22.4 Å². The van der Waals surface area contributed by atoms with Gasteiger partial charge in [-0.3, -0.25) is 4.79 Å². The topological polar surface area (TPSA) is 75.0 Å². The fraction of sp³-hybridized carbons (Fsp3) is 0.231. The number of aromatic amines is 1. The Morgan fingerprint density at radius 1 is 1.56 bits per heavy atom. The zero-order valence-corrected chi connectivity index (χ0v) is 9.68. The zero-order chi connectivity index (χ0) is 12.7. The molecule has 0 radical (unpaired) electrons. The SMILES string of the molecule is C#CC1CC(=O)N(c2cc3nc[nH]c3cc2N)C1. The maximum absolute atomic E-state index is 11.9. The molecule has 1 aliphatic heterocycles. The van der Waals surface area contributed by atoms with E-state index in [0.29, 0.717) is 24.3 Å². The van der Waals surface area contributed by atoms with Crippen LogP contribution in [0.25, 0.3) is 11.0 Å². The van der Waals surface area contributed by atoms with Gasteiger partial charge < -0.3 is 15.6 Å². The summed E-state index contributed by atoms with van der Waals surface area (Å²) in [5, 5.41) is 0. The highest BCUT2D eigenvalue weighted by atomic mass is 16.2. The molecule has 0 saturated carbocycles. The Balaban J connectivity index is 2.06. The molecule has 5 heteroatoms. The standard InChI is InChI=1S/C13H12N4O/c1-2-8-3-13(18)17(6-8)12-5-11-10(4-9(12)14)15-7-16-11/h1,4-5,7-8H,3,6,14H2,(H,15,16). The highest BCUT2D eigenvalue weighted by Crippen LogP contribution is 2.32. The number of hydrogen-bond acceptors (Lipinski definition) is 3. The highest BCUT2D eigenvalue weighted by molar-refractivity contribution is 6.01. The van der Waals surface area contributed by atoms with Crippen molar-refractivity contribution in [3.8, 4) is 12.3 Å². The summed E-state index contributed by atoms with van der Waals surface area (Å²) in [7, 11) is 0. The molecule has 5 nitrogen and oxygen atoms in total. The van der Waals surface area contributed by atoms with Crippen LogP contribution < -0.4 is 10.6 Å². The second kappa shape index (κ2) is 3.77. The molecule has 90 valence electrons. The van der Waals surface area contributed by atoms with Gasteiger partial charge in [0.05, 0.1) is 28.7 Å². The predicted molar refractivity (Wildman–Crippen MR) is 69.8 cm³/mol. The van der Waals surface area contributed by atoms with Gasteiger partial charge in [-0.15, -0.1) is 12.3 Å². The van der Waals surface area contributed by atoms with Crippen LogP contribution in [0, 0.1) is 18.3 Å². The number of nitrogens with one attached hydrogen (secondary N) is 1. The first-order valence-electron chi connectivity index (χ1n) is 5.68. The van der Waals surface area contributed by atoms with Gasteiger partial charge in [0.2, 0.25) is 5.91 Å². The molecule has 1 atom stereocenters. The Morgan fingerprint density at radius 3 is 3.11 bits per heavy atom. The van der Waals surface area contributed by atoms with Crippen LogP contribution in [0.1, 0.15) is 6.42 Å². The number of hydrogen-bond donors (Lipinski definition) is 2. The fourth-order valence-electron chi connectivity index (χ4n) is 2.27. The van der Waals surface area contributed by atoms with Crippen LogP contribution in [0.2, 0.25) is 0 Å². The number of benzene rings is 1. The third-order valence-corrected chi connectivity index (χ3v) is 3.22. The van der Waals surface area contributed by atoms with E-state index in [1.165, 1.54) is 0 Å². The zero-order valence-electron chi connectivity index (χ0n) is 9.68. The Kier molecular flexibility index (Phi) is 2.23. The molecule has 1 unspecified atom stereocenters. The van der Waals surface area contributed by atoms with Gasteiger partial charge in [-0.1, -0.05) is 0 Å². The number of anilines is 2. The number of fused-ring (bicyclic) bond motifs is 1. The summed E-state index contributed by atoms with van der Waals surface area (Å²) in [4.78, 5) is 20.7. The quantitative estimate of drug-likeness (QED) is 0.579. The Bertz CT molecular complexity index is 667. The lowest BCUT2D eigenvalue weighted by molar-refractivity contribution is -0.117. The summed E-state index contributed by atoms with van der Waals surface area (Å²) in [6, 6.07) is 3.60. The van der Waals surface area contributed by atoms with Crippen molar-refractivity contribution in [3.63, 3.8) is 0 Å². The molecule has 1 amide bonds. The van der Waals surface area contributed by atoms with Crippen molar-refractivity contribution in [2.45, 2.75) is 6.42 Å². The molecule has 0 aliphatic carbocycles. The van der Waals surface area contributed by atoms with Crippen LogP contribution >= 0.6 is 0 Å². The summed E-state index contributed by atoms with van der Waals surface area (Å²) in [5.41, 5.74) is 8.87. The van der Waals surface area contributed by atoms with E-state index < -0.39 is 0 Å². The van der Waals surface area contributed by atoms with Crippen molar-refractivity contribution in [2.75, 3.05) is 17.2 Å². The molecule has 1 fully saturated rings. The molecule has 3 rings (SSSR count). The number of H-pyrrole nitrogens is 1. The van der Waals surface area contributed by atoms with Gasteiger partial charge in [0.15, 0.2) is 0 Å². The molecule has 3 N–H and O–H groups in total. The minimum absolute atomic E-state index is 0.0135. The van der Waals surface area contributed by atoms with Crippen molar-refractivity contribution < 1.29 is 4.79 Å². The average molecular weight is 240 g/mol. The van der Waals surface area contributed by atoms with Crippen molar-refractivity contribution >= 4 is 28.3 Å². The smallest absolute Gasteiger partial charge is 0.228 e. The lowest BCUT2D eigenvalue weighted by Crippen LogP contribution is -2.25. The molecule has 2 heterocycles. The van der Waals surface area contributed by atoms with E-state index in [9.17, 15) is 4.79 Å². The van der Waals surface area contributed by atoms with E-state index in [1.54, 1.807) is 17.3 Å². The van der Waals surface area contributed by atoms with E-state index in [0.717, 1.165) is 11.0 Å². The van der Waals surface area contributed by atoms with Crippen LogP contribution in [0.4, 0.5) is 11.4 Å². The largest absolute Gasteiger partial charge is 0.397 e. The van der Waals surface area contributed by atoms with Gasteiger partial charge in [-0.05, 0) is 12.1 Å². The molecular weight excluding hydrogens is 228 g/mol. The van der Waals surface area contributed by atoms with E-state index in [4.69, 9.17) is 12.2 Å². The van der Waals surface area contributed by atoms with E-state index in [-0.39, 0.29) is 11.8 Å². The second-order valence-electron chi connectivity index (χ2n) is 4.40. The number of rotatable bonds is 1. The van der Waals surface area contributed by atoms with Gasteiger partial charge in [0, 0.05) is 18.9 Å². The number of amides is 1. The second-order valence-corrected chi connectivity index (χ2v) is 4.40. The monoisotopic (exact) mass is 240 g/mol. The number of nitrogens with zero attached hydrogens (tertiary/aromatic N) is 2. The maximum Gasteiger partial charge on any atom is 0.228 e. The summed E-state index contributed by atoms with van der Waals surface area (Å²) in [5.74, 6) is 2.60. The Morgan fingerprint density at radius 2 is 2.39 bits per heavy atom. The molecule has 0 bridgehead atoms. The van der Waals surface area contributed by atoms with E-state index in [1.807, 2.05) is 6.07 Å². The third-order valence-electron chi connectivity index (χ3n) is 3.22. The normalized spacial score (nSPS) is 19.4. The predicted octanol–water partition coefficient (Wildman–Crippen LogP) is 1.13. The van der Waals surface area contributed by atoms with E-state index in [2.05, 4.69) is 15.9 Å². The van der Waals surface area contributed by atoms with Crippen molar-refractivity contribution in [1.82, 2.24) is 9.97 Å². The molecule has 1 aromatic carbocycles. The number of carbonyl (C=O) groups excluding carboxylic acids is 1. The van der Waals surface area contributed by atoms with Crippen molar-refractivity contribution in [3.05, 3.63) is 18.5 Å². The number of aromatic nitrogens is 2. The van der Waals surface area contributed by atoms with Crippen LogP contribution in [-0.2, 0) is 4.79 Å². The number of imidazole rings is 1. The van der Waals surface area contributed by atoms with Gasteiger partial charge in [-0.2, -0.15) is 0 Å². The van der Waals surface area contributed by atoms with Crippen LogP contribution in [0.15, 0.2) is 18.5 Å². The molecular formula is C13H12N4O. The number of nitrogens with two attached hydrogens (primary N) is 1. The number of terminal acetylenes is 1. The molecule has 1 saturated heterocycles. The summed E-state index contributed by atoms with van der Waals surface area (Å²) < 4.78 is 0. The highest BCUT2D eigenvalue weighted by Gasteiger charge is 2.30. The van der Waals surface area contributed by atoms with Crippen LogP contribution in [0.3, 0.4) is 0 Å². The Labute approximate surface area is 104 Å². The van der Waals surface area contributed by atoms with Gasteiger partial charge in [0.25, 0.3) is 0 Å². The minimum Gasteiger partial charge on any atom is -0.397 e. The van der Waals surface area contributed by atoms with Gasteiger partial charge in [0.1, 0.15) is 0 Å². The number of carbonyl (C=O) groups is 1. The summed E-state index contributed by atoms with van der Waals surface area (Å²) >= 11 is 0. The fourth-order valence-corrected chi connectivity index (χ4v) is 2.27. The third kappa shape index (κ3) is 1.51. The average Bonchev–Trinajstić information content (AvgIpc) is 2.93. The van der Waals surface area contributed by atoms with E-state index >= 15 is 0 Å². The number of nitrogen functional groups attached to an aromatic ring is 1. The molecule has 1 aromatic heterocycles. The van der Waals surface area contributed by atoms with Gasteiger partial charge in [-0.25, -0.2) is 4.98 Å². The first-order valence-corrected chi connectivity index (χ1v) is 5.68. The van der Waals surface area contributed by atoms with Gasteiger partial charge >= 0.3 is 0 Å². The molecule has 1 aliphatic rings. The van der Waals surface area contributed by atoms with Crippen molar-refractivity contribution in [2.24, 2.45) is 5.92 Å². The minimum atomic E-state index is -0.0354. The molecule has 18 heavy (non-hydrogen) atoms. The molecule has 2 aromatic rings. The lowest BCUT2D eigenvalue weighted by Gasteiger charge is -2.18. The first kappa shape index (κ1) is 10.7. The summed E-state index contributed by atoms with van der Waals surface area (Å²) in [6.07, 6.45) is 7.36. The summed E-state index contributed by atoms with van der Waals surface area (Å²) in [6.45, 7) is 0.523. The molecule has 0 spiro atoms. The maximum atomic E-state index is 11.9. The lowest BCUT2D eigenvalue weighted by atomic mass is 10.1. The Hall–Kier alpha value is -2.48. The van der Waals surface area contributed by atoms with Crippen molar-refractivity contribution in [1.29, 1.82) is 0 Å². The first-order chi connectivity index (χ1) is 8.69. The van der Waals surface area contributed by atoms with Crippen LogP contribution in [0.5, 0.6) is 0 Å².